The third-order valence-electron chi connectivity index (χ3n) is 2.53. The number of benzene rings is 1. The topological polar surface area (TPSA) is 54.9 Å². The van der Waals surface area contributed by atoms with Crippen LogP contribution in [0.1, 0.15) is 0 Å². The first kappa shape index (κ1) is 10.0. The van der Waals surface area contributed by atoms with E-state index >= 15 is 0 Å². The van der Waals surface area contributed by atoms with Crippen LogP contribution in [0.15, 0.2) is 51.4 Å². The molecule has 0 atom stereocenters. The van der Waals surface area contributed by atoms with Crippen molar-refractivity contribution in [2.45, 2.75) is 0 Å². The maximum absolute atomic E-state index is 11.9. The Kier molecular flexibility index (Phi) is 2.19. The average molecular weight is 244 g/mol. The van der Waals surface area contributed by atoms with Crippen LogP contribution in [0.5, 0.6) is 0 Å². The van der Waals surface area contributed by atoms with Crippen LogP contribution in [-0.2, 0) is 0 Å². The van der Waals surface area contributed by atoms with Gasteiger partial charge in [0.15, 0.2) is 0 Å². The summed E-state index contributed by atoms with van der Waals surface area (Å²) in [5.41, 5.74) is 0.659. The van der Waals surface area contributed by atoms with Gasteiger partial charge in [-0.25, -0.2) is 4.79 Å². The zero-order valence-corrected chi connectivity index (χ0v) is 9.53. The summed E-state index contributed by atoms with van der Waals surface area (Å²) in [6, 6.07) is 11.0. The van der Waals surface area contributed by atoms with E-state index in [9.17, 15) is 9.59 Å². The van der Waals surface area contributed by atoms with E-state index in [0.717, 1.165) is 5.69 Å². The molecule has 17 heavy (non-hydrogen) atoms. The highest BCUT2D eigenvalue weighted by Crippen LogP contribution is 2.17. The minimum Gasteiger partial charge on any atom is -0.272 e. The van der Waals surface area contributed by atoms with Gasteiger partial charge in [-0.1, -0.05) is 18.2 Å². The first-order valence-corrected chi connectivity index (χ1v) is 5.93. The third kappa shape index (κ3) is 1.52. The normalized spacial score (nSPS) is 10.8. The molecular formula is C12H8N2O2S. The molecule has 1 aromatic carbocycles. The second kappa shape index (κ2) is 3.71. The number of thiophene rings is 1. The van der Waals surface area contributed by atoms with Crippen molar-refractivity contribution >= 4 is 21.6 Å². The molecule has 0 aliphatic carbocycles. The Morgan fingerprint density at radius 3 is 2.59 bits per heavy atom. The van der Waals surface area contributed by atoms with Crippen LogP contribution < -0.4 is 11.2 Å². The third-order valence-corrected chi connectivity index (χ3v) is 3.43. The van der Waals surface area contributed by atoms with Gasteiger partial charge in [0.1, 0.15) is 4.70 Å². The number of aromatic nitrogens is 2. The molecule has 0 bridgehead atoms. The van der Waals surface area contributed by atoms with Crippen molar-refractivity contribution in [2.24, 2.45) is 0 Å². The highest BCUT2D eigenvalue weighted by molar-refractivity contribution is 7.17. The maximum Gasteiger partial charge on any atom is 0.333 e. The SMILES string of the molecule is O=c1[nH]c(=O)n(-c2ccccc2)c2ccsc12. The van der Waals surface area contributed by atoms with E-state index < -0.39 is 5.69 Å². The van der Waals surface area contributed by atoms with Crippen LogP contribution in [0.25, 0.3) is 15.9 Å². The zero-order valence-electron chi connectivity index (χ0n) is 8.71. The number of nitrogens with zero attached hydrogens (tertiary/aromatic N) is 1. The monoisotopic (exact) mass is 244 g/mol. The van der Waals surface area contributed by atoms with Crippen LogP contribution in [0.3, 0.4) is 0 Å². The summed E-state index contributed by atoms with van der Waals surface area (Å²) >= 11 is 1.33. The second-order valence-electron chi connectivity index (χ2n) is 3.57. The highest BCUT2D eigenvalue weighted by Gasteiger charge is 2.09. The Labute approximate surface area is 99.8 Å². The molecule has 2 heterocycles. The van der Waals surface area contributed by atoms with Gasteiger partial charge in [-0.05, 0) is 23.6 Å². The van der Waals surface area contributed by atoms with Crippen LogP contribution in [0, 0.1) is 0 Å². The number of hydrogen-bond donors (Lipinski definition) is 1. The number of para-hydroxylation sites is 1. The van der Waals surface area contributed by atoms with E-state index in [-0.39, 0.29) is 5.56 Å². The molecule has 2 aromatic heterocycles. The Balaban J connectivity index is 2.49. The van der Waals surface area contributed by atoms with Gasteiger partial charge in [-0.2, -0.15) is 0 Å². The number of rotatable bonds is 1. The van der Waals surface area contributed by atoms with Crippen molar-refractivity contribution in [1.29, 1.82) is 0 Å². The zero-order chi connectivity index (χ0) is 11.8. The first-order chi connectivity index (χ1) is 8.27. The standard InChI is InChI=1S/C12H8N2O2S/c15-11-10-9(6-7-17-10)14(12(16)13-11)8-4-2-1-3-5-8/h1-7H,(H,13,15,16). The smallest absolute Gasteiger partial charge is 0.272 e. The molecule has 4 nitrogen and oxygen atoms in total. The van der Waals surface area contributed by atoms with E-state index in [1.807, 2.05) is 30.3 Å². The van der Waals surface area contributed by atoms with Gasteiger partial charge in [0.2, 0.25) is 0 Å². The molecule has 0 spiro atoms. The van der Waals surface area contributed by atoms with Gasteiger partial charge in [-0.3, -0.25) is 14.3 Å². The minimum atomic E-state index is -0.410. The lowest BCUT2D eigenvalue weighted by molar-refractivity contribution is 0.947. The quantitative estimate of drug-likeness (QED) is 0.709. The largest absolute Gasteiger partial charge is 0.333 e. The summed E-state index contributed by atoms with van der Waals surface area (Å²) in [5, 5.41) is 1.80. The van der Waals surface area contributed by atoms with Crippen LogP contribution in [0.4, 0.5) is 0 Å². The van der Waals surface area contributed by atoms with E-state index in [0.29, 0.717) is 10.2 Å². The van der Waals surface area contributed by atoms with Crippen molar-refractivity contribution in [1.82, 2.24) is 9.55 Å². The lowest BCUT2D eigenvalue weighted by Gasteiger charge is -2.05. The molecule has 0 unspecified atom stereocenters. The molecule has 0 amide bonds. The molecule has 1 N–H and O–H groups in total. The minimum absolute atomic E-state index is 0.327. The lowest BCUT2D eigenvalue weighted by atomic mass is 10.3. The predicted molar refractivity (Wildman–Crippen MR) is 68.0 cm³/mol. The summed E-state index contributed by atoms with van der Waals surface area (Å²) < 4.78 is 2.07. The number of nitrogens with one attached hydrogen (secondary N) is 1. The Morgan fingerprint density at radius 2 is 1.82 bits per heavy atom. The fourth-order valence-corrected chi connectivity index (χ4v) is 2.57. The second-order valence-corrected chi connectivity index (χ2v) is 4.48. The van der Waals surface area contributed by atoms with Crippen molar-refractivity contribution < 1.29 is 0 Å². The molecule has 0 saturated carbocycles. The summed E-state index contributed by atoms with van der Waals surface area (Å²) in [4.78, 5) is 25.8. The Hall–Kier alpha value is -2.14. The summed E-state index contributed by atoms with van der Waals surface area (Å²) in [5.74, 6) is 0. The van der Waals surface area contributed by atoms with Crippen molar-refractivity contribution in [3.63, 3.8) is 0 Å². The van der Waals surface area contributed by atoms with Crippen LogP contribution >= 0.6 is 11.3 Å². The van der Waals surface area contributed by atoms with Crippen molar-refractivity contribution in [3.8, 4) is 5.69 Å². The summed E-state index contributed by atoms with van der Waals surface area (Å²) in [6.45, 7) is 0. The molecule has 3 rings (SSSR count). The van der Waals surface area contributed by atoms with E-state index in [4.69, 9.17) is 0 Å². The first-order valence-electron chi connectivity index (χ1n) is 5.05. The number of aromatic amines is 1. The average Bonchev–Trinajstić information content (AvgIpc) is 2.79. The van der Waals surface area contributed by atoms with Crippen LogP contribution in [-0.4, -0.2) is 9.55 Å². The number of hydrogen-bond acceptors (Lipinski definition) is 3. The predicted octanol–water partition coefficient (Wildman–Crippen LogP) is 1.74. The molecule has 0 saturated heterocycles. The highest BCUT2D eigenvalue weighted by atomic mass is 32.1. The molecule has 0 radical (unpaired) electrons. The molecule has 5 heteroatoms. The van der Waals surface area contributed by atoms with Gasteiger partial charge in [0.25, 0.3) is 5.56 Å². The lowest BCUT2D eigenvalue weighted by Crippen LogP contribution is -2.28. The Morgan fingerprint density at radius 1 is 1.06 bits per heavy atom. The molecule has 0 fully saturated rings. The van der Waals surface area contributed by atoms with Crippen molar-refractivity contribution in [2.75, 3.05) is 0 Å². The van der Waals surface area contributed by atoms with E-state index in [1.54, 1.807) is 11.4 Å². The van der Waals surface area contributed by atoms with Gasteiger partial charge in [0, 0.05) is 0 Å². The van der Waals surface area contributed by atoms with Gasteiger partial charge in [-0.15, -0.1) is 11.3 Å². The molecule has 0 aliphatic heterocycles. The van der Waals surface area contributed by atoms with Crippen molar-refractivity contribution in [3.05, 3.63) is 62.6 Å². The molecular weight excluding hydrogens is 236 g/mol. The van der Waals surface area contributed by atoms with E-state index in [1.165, 1.54) is 15.9 Å². The van der Waals surface area contributed by atoms with E-state index in [2.05, 4.69) is 4.98 Å². The summed E-state index contributed by atoms with van der Waals surface area (Å²) in [6.07, 6.45) is 0. The maximum atomic E-state index is 11.9. The van der Waals surface area contributed by atoms with Gasteiger partial charge < -0.3 is 0 Å². The fraction of sp³-hybridized carbons (Fsp3) is 0. The number of H-pyrrole nitrogens is 1. The molecule has 3 aromatic rings. The molecule has 84 valence electrons. The van der Waals surface area contributed by atoms with Gasteiger partial charge in [0.05, 0.1) is 11.2 Å². The van der Waals surface area contributed by atoms with Gasteiger partial charge >= 0.3 is 5.69 Å². The summed E-state index contributed by atoms with van der Waals surface area (Å²) in [7, 11) is 0. The number of fused-ring (bicyclic) bond motifs is 1. The van der Waals surface area contributed by atoms with Crippen LogP contribution in [0.2, 0.25) is 0 Å². The Bertz CT molecular complexity index is 783. The molecule has 0 aliphatic rings. The fourth-order valence-electron chi connectivity index (χ4n) is 1.80.